The fourth-order valence-electron chi connectivity index (χ4n) is 0.961. The first kappa shape index (κ1) is 9.82. The summed E-state index contributed by atoms with van der Waals surface area (Å²) in [6, 6.07) is -0.419. The van der Waals surface area contributed by atoms with E-state index in [4.69, 9.17) is 15.9 Å². The Bertz CT molecular complexity index is 269. The van der Waals surface area contributed by atoms with E-state index in [0.29, 0.717) is 11.5 Å². The van der Waals surface area contributed by atoms with Crippen LogP contribution in [0.3, 0.4) is 0 Å². The van der Waals surface area contributed by atoms with Gasteiger partial charge in [0.1, 0.15) is 0 Å². The third-order valence-corrected chi connectivity index (χ3v) is 1.64. The second-order valence-electron chi connectivity index (χ2n) is 2.81. The maximum Gasteiger partial charge on any atom is 0.171 e. The number of rotatable bonds is 4. The Morgan fingerprint density at radius 2 is 2.23 bits per heavy atom. The standard InChI is InChI=1S/C7H14N4O2/c1-11-2-6(8)7(10-11)9-5(3-12)4-13/h2,5,12-13H,3-4,8H2,1H3,(H,9,10). The molecular weight excluding hydrogens is 172 g/mol. The zero-order valence-corrected chi connectivity index (χ0v) is 7.44. The number of aliphatic hydroxyl groups is 2. The number of hydrogen-bond donors (Lipinski definition) is 4. The SMILES string of the molecule is Cn1cc(N)c(NC(CO)CO)n1. The molecule has 0 atom stereocenters. The van der Waals surface area contributed by atoms with Crippen molar-refractivity contribution < 1.29 is 10.2 Å². The fraction of sp³-hybridized carbons (Fsp3) is 0.571. The van der Waals surface area contributed by atoms with E-state index >= 15 is 0 Å². The van der Waals surface area contributed by atoms with Crippen molar-refractivity contribution in [3.63, 3.8) is 0 Å². The molecule has 0 saturated heterocycles. The van der Waals surface area contributed by atoms with E-state index in [2.05, 4.69) is 10.4 Å². The van der Waals surface area contributed by atoms with Gasteiger partial charge in [-0.15, -0.1) is 0 Å². The molecule has 74 valence electrons. The highest BCUT2D eigenvalue weighted by Crippen LogP contribution is 2.14. The number of nitrogens with one attached hydrogen (secondary N) is 1. The van der Waals surface area contributed by atoms with Gasteiger partial charge in [0.25, 0.3) is 0 Å². The van der Waals surface area contributed by atoms with Crippen LogP contribution < -0.4 is 11.1 Å². The zero-order valence-electron chi connectivity index (χ0n) is 7.44. The lowest BCUT2D eigenvalue weighted by molar-refractivity contribution is 0.203. The summed E-state index contributed by atoms with van der Waals surface area (Å²) in [6.45, 7) is -0.320. The van der Waals surface area contributed by atoms with Crippen molar-refractivity contribution >= 4 is 11.5 Å². The molecule has 0 fully saturated rings. The highest BCUT2D eigenvalue weighted by atomic mass is 16.3. The topological polar surface area (TPSA) is 96.3 Å². The van der Waals surface area contributed by atoms with E-state index in [1.165, 1.54) is 0 Å². The van der Waals surface area contributed by atoms with Crippen LogP contribution in [0, 0.1) is 0 Å². The Labute approximate surface area is 76.0 Å². The summed E-state index contributed by atoms with van der Waals surface area (Å²) in [5.74, 6) is 0.482. The highest BCUT2D eigenvalue weighted by molar-refractivity contribution is 5.60. The third kappa shape index (κ3) is 2.33. The van der Waals surface area contributed by atoms with Crippen LogP contribution in [0.5, 0.6) is 0 Å². The minimum absolute atomic E-state index is 0.160. The van der Waals surface area contributed by atoms with Crippen molar-refractivity contribution in [3.05, 3.63) is 6.20 Å². The number of nitrogen functional groups attached to an aromatic ring is 1. The molecular formula is C7H14N4O2. The molecule has 5 N–H and O–H groups in total. The molecule has 0 spiro atoms. The van der Waals surface area contributed by atoms with E-state index in [1.807, 2.05) is 0 Å². The normalized spacial score (nSPS) is 10.8. The van der Waals surface area contributed by atoms with Gasteiger partial charge < -0.3 is 21.3 Å². The number of aromatic nitrogens is 2. The van der Waals surface area contributed by atoms with Crippen LogP contribution in [-0.4, -0.2) is 39.2 Å². The van der Waals surface area contributed by atoms with Crippen molar-refractivity contribution in [2.75, 3.05) is 24.3 Å². The van der Waals surface area contributed by atoms with Crippen LogP contribution >= 0.6 is 0 Å². The molecule has 0 aliphatic rings. The second-order valence-corrected chi connectivity index (χ2v) is 2.81. The number of nitrogens with zero attached hydrogens (tertiary/aromatic N) is 2. The summed E-state index contributed by atoms with van der Waals surface area (Å²) in [5, 5.41) is 24.4. The molecule has 0 amide bonds. The molecule has 6 heteroatoms. The lowest BCUT2D eigenvalue weighted by Gasteiger charge is -2.12. The fourth-order valence-corrected chi connectivity index (χ4v) is 0.961. The number of hydrogen-bond acceptors (Lipinski definition) is 5. The van der Waals surface area contributed by atoms with Gasteiger partial charge in [-0.25, -0.2) is 0 Å². The van der Waals surface area contributed by atoms with Crippen LogP contribution in [0.2, 0.25) is 0 Å². The molecule has 0 aliphatic carbocycles. The van der Waals surface area contributed by atoms with Crippen LogP contribution in [0.15, 0.2) is 6.20 Å². The number of anilines is 2. The van der Waals surface area contributed by atoms with Crippen LogP contribution in [-0.2, 0) is 7.05 Å². The molecule has 1 heterocycles. The maximum atomic E-state index is 8.79. The predicted molar refractivity (Wildman–Crippen MR) is 49.2 cm³/mol. The van der Waals surface area contributed by atoms with Crippen molar-refractivity contribution in [3.8, 4) is 0 Å². The van der Waals surface area contributed by atoms with Crippen LogP contribution in [0.4, 0.5) is 11.5 Å². The quantitative estimate of drug-likeness (QED) is 0.472. The van der Waals surface area contributed by atoms with Gasteiger partial charge in [-0.3, -0.25) is 4.68 Å². The predicted octanol–water partition coefficient (Wildman–Crippen LogP) is -1.23. The number of nitrogens with two attached hydrogens (primary N) is 1. The van der Waals surface area contributed by atoms with Gasteiger partial charge in [-0.2, -0.15) is 5.10 Å². The summed E-state index contributed by atoms with van der Waals surface area (Å²) in [6.07, 6.45) is 1.65. The minimum Gasteiger partial charge on any atom is -0.394 e. The first-order valence-corrected chi connectivity index (χ1v) is 3.94. The van der Waals surface area contributed by atoms with Gasteiger partial charge in [-0.05, 0) is 0 Å². The van der Waals surface area contributed by atoms with Gasteiger partial charge in [0.2, 0.25) is 0 Å². The van der Waals surface area contributed by atoms with Crippen molar-refractivity contribution in [2.45, 2.75) is 6.04 Å². The van der Waals surface area contributed by atoms with E-state index in [1.54, 1.807) is 17.9 Å². The molecule has 1 aromatic heterocycles. The Morgan fingerprint density at radius 3 is 2.62 bits per heavy atom. The molecule has 1 aromatic rings. The second kappa shape index (κ2) is 4.11. The lowest BCUT2D eigenvalue weighted by atomic mass is 10.3. The Morgan fingerprint density at radius 1 is 1.62 bits per heavy atom. The number of aliphatic hydroxyl groups excluding tert-OH is 2. The number of aryl methyl sites for hydroxylation is 1. The van der Waals surface area contributed by atoms with E-state index in [-0.39, 0.29) is 13.2 Å². The van der Waals surface area contributed by atoms with Gasteiger partial charge in [0, 0.05) is 13.2 Å². The third-order valence-electron chi connectivity index (χ3n) is 1.64. The van der Waals surface area contributed by atoms with Crippen LogP contribution in [0.25, 0.3) is 0 Å². The van der Waals surface area contributed by atoms with Crippen molar-refractivity contribution in [2.24, 2.45) is 7.05 Å². The zero-order chi connectivity index (χ0) is 9.84. The summed E-state index contributed by atoms with van der Waals surface area (Å²) in [4.78, 5) is 0. The molecule has 0 saturated carbocycles. The molecule has 0 bridgehead atoms. The minimum atomic E-state index is -0.419. The molecule has 0 unspecified atom stereocenters. The largest absolute Gasteiger partial charge is 0.394 e. The van der Waals surface area contributed by atoms with Gasteiger partial charge >= 0.3 is 0 Å². The Kier molecular flexibility index (Phi) is 3.10. The van der Waals surface area contributed by atoms with Gasteiger partial charge in [0.15, 0.2) is 5.82 Å². The summed E-state index contributed by atoms with van der Waals surface area (Å²) in [5.41, 5.74) is 6.08. The van der Waals surface area contributed by atoms with Gasteiger partial charge in [-0.1, -0.05) is 0 Å². The molecule has 0 radical (unpaired) electrons. The van der Waals surface area contributed by atoms with E-state index in [0.717, 1.165) is 0 Å². The summed E-state index contributed by atoms with van der Waals surface area (Å²) >= 11 is 0. The van der Waals surface area contributed by atoms with E-state index < -0.39 is 6.04 Å². The smallest absolute Gasteiger partial charge is 0.171 e. The van der Waals surface area contributed by atoms with Crippen molar-refractivity contribution in [1.29, 1.82) is 0 Å². The maximum absolute atomic E-state index is 8.79. The van der Waals surface area contributed by atoms with Crippen molar-refractivity contribution in [1.82, 2.24) is 9.78 Å². The Balaban J connectivity index is 2.67. The average Bonchev–Trinajstić information content (AvgIpc) is 2.41. The molecule has 0 aliphatic heterocycles. The summed E-state index contributed by atoms with van der Waals surface area (Å²) in [7, 11) is 1.74. The van der Waals surface area contributed by atoms with Gasteiger partial charge in [0.05, 0.1) is 24.9 Å². The average molecular weight is 186 g/mol. The molecule has 13 heavy (non-hydrogen) atoms. The first-order chi connectivity index (χ1) is 6.17. The Hall–Kier alpha value is -1.27. The van der Waals surface area contributed by atoms with E-state index in [9.17, 15) is 0 Å². The molecule has 0 aromatic carbocycles. The summed E-state index contributed by atoms with van der Waals surface area (Å²) < 4.78 is 1.56. The van der Waals surface area contributed by atoms with Crippen LogP contribution in [0.1, 0.15) is 0 Å². The monoisotopic (exact) mass is 186 g/mol. The molecule has 1 rings (SSSR count). The molecule has 6 nitrogen and oxygen atoms in total. The lowest BCUT2D eigenvalue weighted by Crippen LogP contribution is -2.28. The first-order valence-electron chi connectivity index (χ1n) is 3.94. The highest BCUT2D eigenvalue weighted by Gasteiger charge is 2.09.